The number of aromatic nitrogens is 3. The van der Waals surface area contributed by atoms with E-state index < -0.39 is 11.2 Å². The van der Waals surface area contributed by atoms with Gasteiger partial charge >= 0.3 is 0 Å². The standard InChI is InChI=1S/C11H12BrN5OS/c1-6(9(13)18)19-11-16-15-10(17(11)14)7-4-2-3-5-8(7)12/h2-6H,14H2,1H3,(H2,13,18)/t6-/m0/s1. The molecule has 1 aromatic carbocycles. The van der Waals surface area contributed by atoms with Gasteiger partial charge in [0.2, 0.25) is 11.1 Å². The van der Waals surface area contributed by atoms with Crippen molar-refractivity contribution in [3.8, 4) is 11.4 Å². The molecule has 0 saturated heterocycles. The predicted molar refractivity (Wildman–Crippen MR) is 77.8 cm³/mol. The molecule has 2 aromatic rings. The number of rotatable bonds is 4. The van der Waals surface area contributed by atoms with Crippen molar-refractivity contribution >= 4 is 33.6 Å². The van der Waals surface area contributed by atoms with Gasteiger partial charge in [-0.25, -0.2) is 4.68 Å². The molecule has 0 aliphatic heterocycles. The number of carbonyl (C=O) groups is 1. The number of halogens is 1. The smallest absolute Gasteiger partial charge is 0.230 e. The third-order valence-corrected chi connectivity index (χ3v) is 4.23. The number of benzene rings is 1. The number of nitrogen functional groups attached to an aromatic ring is 1. The van der Waals surface area contributed by atoms with Gasteiger partial charge in [-0.05, 0) is 19.1 Å². The minimum Gasteiger partial charge on any atom is -0.369 e. The van der Waals surface area contributed by atoms with Crippen LogP contribution in [0.4, 0.5) is 0 Å². The maximum atomic E-state index is 11.0. The predicted octanol–water partition coefficient (Wildman–Crippen LogP) is 1.39. The number of hydrogen-bond donors (Lipinski definition) is 2. The number of primary amides is 1. The molecule has 0 fully saturated rings. The van der Waals surface area contributed by atoms with E-state index in [0.29, 0.717) is 11.0 Å². The van der Waals surface area contributed by atoms with Gasteiger partial charge in [0.1, 0.15) is 0 Å². The van der Waals surface area contributed by atoms with Crippen molar-refractivity contribution in [3.63, 3.8) is 0 Å². The summed E-state index contributed by atoms with van der Waals surface area (Å²) in [5, 5.41) is 8.05. The Hall–Kier alpha value is -1.54. The van der Waals surface area contributed by atoms with E-state index in [1.807, 2.05) is 24.3 Å². The molecule has 8 heteroatoms. The molecule has 19 heavy (non-hydrogen) atoms. The molecular formula is C11H12BrN5OS. The molecule has 1 heterocycles. The summed E-state index contributed by atoms with van der Waals surface area (Å²) in [6.07, 6.45) is 0. The highest BCUT2D eigenvalue weighted by molar-refractivity contribution is 9.10. The van der Waals surface area contributed by atoms with Crippen LogP contribution in [-0.2, 0) is 4.79 Å². The van der Waals surface area contributed by atoms with E-state index in [4.69, 9.17) is 11.6 Å². The summed E-state index contributed by atoms with van der Waals surface area (Å²) in [7, 11) is 0. The number of nitrogens with two attached hydrogens (primary N) is 2. The number of amides is 1. The first kappa shape index (κ1) is 13.9. The summed E-state index contributed by atoms with van der Waals surface area (Å²) in [5.41, 5.74) is 6.04. The van der Waals surface area contributed by atoms with Gasteiger partial charge in [0, 0.05) is 10.0 Å². The van der Waals surface area contributed by atoms with Crippen molar-refractivity contribution in [2.75, 3.05) is 5.84 Å². The highest BCUT2D eigenvalue weighted by Crippen LogP contribution is 2.28. The van der Waals surface area contributed by atoms with E-state index in [-0.39, 0.29) is 0 Å². The average Bonchev–Trinajstić information content (AvgIpc) is 2.72. The zero-order valence-electron chi connectivity index (χ0n) is 10.1. The first-order valence-electron chi connectivity index (χ1n) is 5.42. The summed E-state index contributed by atoms with van der Waals surface area (Å²) in [4.78, 5) is 11.0. The summed E-state index contributed by atoms with van der Waals surface area (Å²) < 4.78 is 2.22. The molecule has 1 amide bonds. The lowest BCUT2D eigenvalue weighted by Gasteiger charge is -2.07. The van der Waals surface area contributed by atoms with Gasteiger partial charge < -0.3 is 11.6 Å². The lowest BCUT2D eigenvalue weighted by molar-refractivity contribution is -0.117. The van der Waals surface area contributed by atoms with Gasteiger partial charge in [-0.2, -0.15) is 0 Å². The largest absolute Gasteiger partial charge is 0.369 e. The molecule has 0 unspecified atom stereocenters. The van der Waals surface area contributed by atoms with Gasteiger partial charge in [0.05, 0.1) is 5.25 Å². The third kappa shape index (κ3) is 2.90. The Morgan fingerprint density at radius 1 is 1.42 bits per heavy atom. The molecular weight excluding hydrogens is 330 g/mol. The molecule has 0 aliphatic rings. The molecule has 100 valence electrons. The zero-order valence-corrected chi connectivity index (χ0v) is 12.5. The van der Waals surface area contributed by atoms with Crippen LogP contribution >= 0.6 is 27.7 Å². The summed E-state index contributed by atoms with van der Waals surface area (Å²) in [6, 6.07) is 7.55. The van der Waals surface area contributed by atoms with Crippen molar-refractivity contribution in [2.45, 2.75) is 17.3 Å². The van der Waals surface area contributed by atoms with E-state index in [1.54, 1.807) is 6.92 Å². The lowest BCUT2D eigenvalue weighted by Crippen LogP contribution is -2.23. The Morgan fingerprint density at radius 3 is 2.74 bits per heavy atom. The van der Waals surface area contributed by atoms with E-state index in [0.717, 1.165) is 10.0 Å². The molecule has 2 rings (SSSR count). The summed E-state index contributed by atoms with van der Waals surface area (Å²) in [6.45, 7) is 1.69. The molecule has 1 aromatic heterocycles. The second-order valence-electron chi connectivity index (χ2n) is 3.82. The van der Waals surface area contributed by atoms with Crippen molar-refractivity contribution in [2.24, 2.45) is 5.73 Å². The fourth-order valence-corrected chi connectivity index (χ4v) is 2.58. The van der Waals surface area contributed by atoms with Crippen molar-refractivity contribution in [1.82, 2.24) is 14.9 Å². The van der Waals surface area contributed by atoms with Gasteiger partial charge in [0.25, 0.3) is 0 Å². The highest BCUT2D eigenvalue weighted by Gasteiger charge is 2.18. The van der Waals surface area contributed by atoms with Crippen LogP contribution in [0.1, 0.15) is 6.92 Å². The van der Waals surface area contributed by atoms with Crippen LogP contribution in [0.25, 0.3) is 11.4 Å². The Kier molecular flexibility index (Phi) is 4.11. The Morgan fingerprint density at radius 2 is 2.11 bits per heavy atom. The lowest BCUT2D eigenvalue weighted by atomic mass is 10.2. The van der Waals surface area contributed by atoms with Crippen LogP contribution in [0.3, 0.4) is 0 Å². The fraction of sp³-hybridized carbons (Fsp3) is 0.182. The molecule has 0 radical (unpaired) electrons. The quantitative estimate of drug-likeness (QED) is 0.646. The van der Waals surface area contributed by atoms with Crippen LogP contribution in [-0.4, -0.2) is 26.0 Å². The van der Waals surface area contributed by atoms with Crippen molar-refractivity contribution < 1.29 is 4.79 Å². The molecule has 4 N–H and O–H groups in total. The van der Waals surface area contributed by atoms with E-state index in [1.165, 1.54) is 16.4 Å². The molecule has 0 saturated carbocycles. The number of hydrogen-bond acceptors (Lipinski definition) is 5. The fourth-order valence-electron chi connectivity index (χ4n) is 1.40. The first-order valence-corrected chi connectivity index (χ1v) is 7.09. The Balaban J connectivity index is 2.34. The number of carbonyl (C=O) groups excluding carboxylic acids is 1. The summed E-state index contributed by atoms with van der Waals surface area (Å²) in [5.74, 6) is 6.05. The topological polar surface area (TPSA) is 99.8 Å². The SMILES string of the molecule is C[C@H](Sc1nnc(-c2ccccc2Br)n1N)C(N)=O. The van der Waals surface area contributed by atoms with Crippen LogP contribution in [0.15, 0.2) is 33.9 Å². The second kappa shape index (κ2) is 5.62. The van der Waals surface area contributed by atoms with E-state index >= 15 is 0 Å². The van der Waals surface area contributed by atoms with Gasteiger partial charge in [-0.1, -0.05) is 39.8 Å². The number of nitrogens with zero attached hydrogens (tertiary/aromatic N) is 3. The number of thioether (sulfide) groups is 1. The molecule has 0 aliphatic carbocycles. The summed E-state index contributed by atoms with van der Waals surface area (Å²) >= 11 is 4.61. The van der Waals surface area contributed by atoms with Crippen LogP contribution in [0.5, 0.6) is 0 Å². The maximum Gasteiger partial charge on any atom is 0.230 e. The second-order valence-corrected chi connectivity index (χ2v) is 5.98. The minimum absolute atomic E-state index is 0.418. The average molecular weight is 342 g/mol. The van der Waals surface area contributed by atoms with Crippen LogP contribution < -0.4 is 11.6 Å². The van der Waals surface area contributed by atoms with Crippen molar-refractivity contribution in [3.05, 3.63) is 28.7 Å². The van der Waals surface area contributed by atoms with Crippen LogP contribution in [0.2, 0.25) is 0 Å². The van der Waals surface area contributed by atoms with E-state index in [9.17, 15) is 4.79 Å². The minimum atomic E-state index is -0.421. The Labute approximate surface area is 122 Å². The highest BCUT2D eigenvalue weighted by atomic mass is 79.9. The molecule has 1 atom stereocenters. The molecule has 6 nitrogen and oxygen atoms in total. The first-order chi connectivity index (χ1) is 9.00. The molecule has 0 bridgehead atoms. The Bertz CT molecular complexity index is 615. The maximum absolute atomic E-state index is 11.0. The molecule has 0 spiro atoms. The van der Waals surface area contributed by atoms with Crippen molar-refractivity contribution in [1.29, 1.82) is 0 Å². The van der Waals surface area contributed by atoms with Gasteiger partial charge in [-0.15, -0.1) is 10.2 Å². The normalized spacial score (nSPS) is 12.3. The zero-order chi connectivity index (χ0) is 14.0. The van der Waals surface area contributed by atoms with Gasteiger partial charge in [0.15, 0.2) is 5.82 Å². The van der Waals surface area contributed by atoms with Gasteiger partial charge in [-0.3, -0.25) is 4.79 Å². The third-order valence-electron chi connectivity index (χ3n) is 2.46. The van der Waals surface area contributed by atoms with E-state index in [2.05, 4.69) is 26.1 Å². The van der Waals surface area contributed by atoms with Crippen LogP contribution in [0, 0.1) is 0 Å². The monoisotopic (exact) mass is 341 g/mol.